The molecule has 0 bridgehead atoms. The third-order valence-electron chi connectivity index (χ3n) is 4.60. The van der Waals surface area contributed by atoms with E-state index in [1.54, 1.807) is 30.3 Å². The van der Waals surface area contributed by atoms with Crippen LogP contribution in [0.1, 0.15) is 31.9 Å². The minimum absolute atomic E-state index is 0.149. The van der Waals surface area contributed by atoms with E-state index in [0.29, 0.717) is 29.2 Å². The molecule has 0 spiro atoms. The van der Waals surface area contributed by atoms with Gasteiger partial charge in [-0.15, -0.1) is 0 Å². The molecular weight excluding hydrogens is 384 g/mol. The zero-order chi connectivity index (χ0) is 21.8. The number of benzene rings is 2. The van der Waals surface area contributed by atoms with Crippen molar-refractivity contribution in [2.75, 3.05) is 12.0 Å². The van der Waals surface area contributed by atoms with Crippen molar-refractivity contribution in [2.24, 2.45) is 0 Å². The molecule has 1 heterocycles. The third-order valence-corrected chi connectivity index (χ3v) is 4.60. The highest BCUT2D eigenvalue weighted by Crippen LogP contribution is 2.34. The standard InChI is InChI=1S/C23H24N2O5/c1-5-15-9-6-7-11-18(15)25-22(27)17(21(26)24-23(25)28)13-16-10-8-12-19(29-4)20(16)30-14(2)3/h6-14H,5H2,1-4H3,(H,24,26,28)/b17-13+. The second kappa shape index (κ2) is 8.82. The molecule has 4 amide bonds. The summed E-state index contributed by atoms with van der Waals surface area (Å²) < 4.78 is 11.2. The van der Waals surface area contributed by atoms with E-state index in [1.807, 2.05) is 32.9 Å². The van der Waals surface area contributed by atoms with Crippen LogP contribution in [0.15, 0.2) is 48.0 Å². The number of imide groups is 2. The van der Waals surface area contributed by atoms with E-state index in [0.717, 1.165) is 10.5 Å². The Hall–Kier alpha value is -3.61. The van der Waals surface area contributed by atoms with Gasteiger partial charge in [-0.05, 0) is 44.0 Å². The first kappa shape index (κ1) is 21.1. The summed E-state index contributed by atoms with van der Waals surface area (Å²) in [6.07, 6.45) is 1.90. The van der Waals surface area contributed by atoms with Crippen molar-refractivity contribution in [1.29, 1.82) is 0 Å². The highest BCUT2D eigenvalue weighted by atomic mass is 16.5. The first-order valence-electron chi connectivity index (χ1n) is 9.70. The number of carbonyl (C=O) groups excluding carboxylic acids is 3. The van der Waals surface area contributed by atoms with Gasteiger partial charge in [0.2, 0.25) is 0 Å². The number of aryl methyl sites for hydroxylation is 1. The first-order chi connectivity index (χ1) is 14.4. The van der Waals surface area contributed by atoms with Gasteiger partial charge in [0.25, 0.3) is 11.8 Å². The number of methoxy groups -OCH3 is 1. The lowest BCUT2D eigenvalue weighted by atomic mass is 10.0. The van der Waals surface area contributed by atoms with Gasteiger partial charge in [0.05, 0.1) is 18.9 Å². The van der Waals surface area contributed by atoms with Gasteiger partial charge in [-0.3, -0.25) is 14.9 Å². The number of anilines is 1. The number of carbonyl (C=O) groups is 3. The maximum atomic E-state index is 13.2. The smallest absolute Gasteiger partial charge is 0.335 e. The number of urea groups is 1. The summed E-state index contributed by atoms with van der Waals surface area (Å²) in [5.74, 6) is -0.553. The van der Waals surface area contributed by atoms with Crippen molar-refractivity contribution in [2.45, 2.75) is 33.3 Å². The van der Waals surface area contributed by atoms with Crippen LogP contribution in [0.2, 0.25) is 0 Å². The maximum absolute atomic E-state index is 13.2. The van der Waals surface area contributed by atoms with Gasteiger partial charge in [-0.25, -0.2) is 9.69 Å². The van der Waals surface area contributed by atoms with Crippen molar-refractivity contribution in [3.05, 3.63) is 59.2 Å². The van der Waals surface area contributed by atoms with Crippen molar-refractivity contribution in [1.82, 2.24) is 5.32 Å². The van der Waals surface area contributed by atoms with Crippen LogP contribution in [-0.4, -0.2) is 31.1 Å². The number of ether oxygens (including phenoxy) is 2. The van der Waals surface area contributed by atoms with E-state index in [2.05, 4.69) is 5.32 Å². The fraction of sp³-hybridized carbons (Fsp3) is 0.261. The Balaban J connectivity index is 2.10. The second-order valence-electron chi connectivity index (χ2n) is 6.99. The molecule has 1 fully saturated rings. The summed E-state index contributed by atoms with van der Waals surface area (Å²) in [5.41, 5.74) is 1.60. The summed E-state index contributed by atoms with van der Waals surface area (Å²) in [5, 5.41) is 2.26. The number of rotatable bonds is 6. The SMILES string of the molecule is CCc1ccccc1N1C(=O)NC(=O)/C(=C\c2cccc(OC)c2OC(C)C)C1=O. The number of nitrogens with zero attached hydrogens (tertiary/aromatic N) is 1. The highest BCUT2D eigenvalue weighted by Gasteiger charge is 2.37. The third kappa shape index (κ3) is 4.05. The lowest BCUT2D eigenvalue weighted by Crippen LogP contribution is -2.54. The van der Waals surface area contributed by atoms with E-state index in [4.69, 9.17) is 9.47 Å². The molecule has 0 saturated carbocycles. The molecule has 1 aliphatic rings. The van der Waals surface area contributed by atoms with Crippen molar-refractivity contribution in [3.8, 4) is 11.5 Å². The van der Waals surface area contributed by atoms with Gasteiger partial charge in [0.15, 0.2) is 11.5 Å². The average molecular weight is 408 g/mol. The molecule has 2 aromatic carbocycles. The first-order valence-corrected chi connectivity index (χ1v) is 9.70. The van der Waals surface area contributed by atoms with Crippen LogP contribution in [0, 0.1) is 0 Å². The van der Waals surface area contributed by atoms with E-state index < -0.39 is 17.8 Å². The minimum atomic E-state index is -0.771. The molecule has 0 radical (unpaired) electrons. The largest absolute Gasteiger partial charge is 0.493 e. The quantitative estimate of drug-likeness (QED) is 0.582. The van der Waals surface area contributed by atoms with Gasteiger partial charge in [-0.1, -0.05) is 37.3 Å². The maximum Gasteiger partial charge on any atom is 0.335 e. The molecular formula is C23H24N2O5. The monoisotopic (exact) mass is 408 g/mol. The Morgan fingerprint density at radius 2 is 1.80 bits per heavy atom. The molecule has 3 rings (SSSR count). The van der Waals surface area contributed by atoms with Crippen LogP contribution in [0.25, 0.3) is 6.08 Å². The zero-order valence-corrected chi connectivity index (χ0v) is 17.4. The van der Waals surface area contributed by atoms with Gasteiger partial charge in [-0.2, -0.15) is 0 Å². The van der Waals surface area contributed by atoms with Crippen LogP contribution in [0.4, 0.5) is 10.5 Å². The Morgan fingerprint density at radius 3 is 2.47 bits per heavy atom. The molecule has 2 aromatic rings. The summed E-state index contributed by atoms with van der Waals surface area (Å²) in [4.78, 5) is 39.2. The summed E-state index contributed by atoms with van der Waals surface area (Å²) >= 11 is 0. The Morgan fingerprint density at radius 1 is 1.07 bits per heavy atom. The number of nitrogens with one attached hydrogen (secondary N) is 1. The minimum Gasteiger partial charge on any atom is -0.493 e. The molecule has 7 heteroatoms. The van der Waals surface area contributed by atoms with Gasteiger partial charge >= 0.3 is 6.03 Å². The highest BCUT2D eigenvalue weighted by molar-refractivity contribution is 6.39. The molecule has 0 aromatic heterocycles. The average Bonchev–Trinajstić information content (AvgIpc) is 2.71. The van der Waals surface area contributed by atoms with E-state index in [1.165, 1.54) is 13.2 Å². The van der Waals surface area contributed by atoms with Gasteiger partial charge in [0.1, 0.15) is 5.57 Å². The van der Waals surface area contributed by atoms with E-state index in [-0.39, 0.29) is 11.7 Å². The predicted octanol–water partition coefficient (Wildman–Crippen LogP) is 3.71. The summed E-state index contributed by atoms with van der Waals surface area (Å²) in [7, 11) is 1.51. The fourth-order valence-electron chi connectivity index (χ4n) is 3.23. The Kier molecular flexibility index (Phi) is 6.20. The molecule has 0 unspecified atom stereocenters. The molecule has 7 nitrogen and oxygen atoms in total. The molecule has 1 saturated heterocycles. The normalized spacial score (nSPS) is 15.6. The van der Waals surface area contributed by atoms with Crippen LogP contribution in [0.5, 0.6) is 11.5 Å². The van der Waals surface area contributed by atoms with Crippen LogP contribution in [-0.2, 0) is 16.0 Å². The van der Waals surface area contributed by atoms with Crippen LogP contribution in [0.3, 0.4) is 0 Å². The zero-order valence-electron chi connectivity index (χ0n) is 17.4. The number of hydrogen-bond donors (Lipinski definition) is 1. The topological polar surface area (TPSA) is 84.9 Å². The molecule has 30 heavy (non-hydrogen) atoms. The van der Waals surface area contributed by atoms with Crippen LogP contribution >= 0.6 is 0 Å². The molecule has 1 aliphatic heterocycles. The molecule has 156 valence electrons. The Bertz CT molecular complexity index is 1030. The second-order valence-corrected chi connectivity index (χ2v) is 6.99. The predicted molar refractivity (Wildman–Crippen MR) is 114 cm³/mol. The van der Waals surface area contributed by atoms with E-state index in [9.17, 15) is 14.4 Å². The number of barbiturate groups is 1. The molecule has 0 aliphatic carbocycles. The summed E-state index contributed by atoms with van der Waals surface area (Å²) in [6.45, 7) is 5.66. The fourth-order valence-corrected chi connectivity index (χ4v) is 3.23. The summed E-state index contributed by atoms with van der Waals surface area (Å²) in [6, 6.07) is 11.5. The molecule has 1 N–H and O–H groups in total. The van der Waals surface area contributed by atoms with Gasteiger partial charge < -0.3 is 9.47 Å². The molecule has 0 atom stereocenters. The van der Waals surface area contributed by atoms with E-state index >= 15 is 0 Å². The lowest BCUT2D eigenvalue weighted by Gasteiger charge is -2.28. The van der Waals surface area contributed by atoms with Crippen molar-refractivity contribution >= 4 is 29.6 Å². The number of para-hydroxylation sites is 2. The van der Waals surface area contributed by atoms with Gasteiger partial charge in [0, 0.05) is 5.56 Å². The number of amides is 4. The number of hydrogen-bond acceptors (Lipinski definition) is 5. The van der Waals surface area contributed by atoms with Crippen molar-refractivity contribution < 1.29 is 23.9 Å². The van der Waals surface area contributed by atoms with Crippen molar-refractivity contribution in [3.63, 3.8) is 0 Å². The Labute approximate surface area is 175 Å². The lowest BCUT2D eigenvalue weighted by molar-refractivity contribution is -0.122. The van der Waals surface area contributed by atoms with Crippen LogP contribution < -0.4 is 19.7 Å².